The second-order valence-electron chi connectivity index (χ2n) is 3.47. The molecule has 0 saturated heterocycles. The molecule has 0 amide bonds. The van der Waals surface area contributed by atoms with E-state index in [2.05, 4.69) is 24.7 Å². The third kappa shape index (κ3) is 7.05. The summed E-state index contributed by atoms with van der Waals surface area (Å²) in [7, 11) is 0. The van der Waals surface area contributed by atoms with Crippen LogP contribution in [0.4, 0.5) is 0 Å². The van der Waals surface area contributed by atoms with Gasteiger partial charge in [0.05, 0.1) is 0 Å². The van der Waals surface area contributed by atoms with E-state index in [-0.39, 0.29) is 0 Å². The van der Waals surface area contributed by atoms with Crippen LogP contribution in [0.25, 0.3) is 0 Å². The van der Waals surface area contributed by atoms with Crippen molar-refractivity contribution in [2.24, 2.45) is 10.9 Å². The van der Waals surface area contributed by atoms with Crippen molar-refractivity contribution in [1.82, 2.24) is 0 Å². The van der Waals surface area contributed by atoms with Crippen molar-refractivity contribution in [3.8, 4) is 0 Å². The van der Waals surface area contributed by atoms with Crippen molar-refractivity contribution in [2.75, 3.05) is 0 Å². The highest BCUT2D eigenvalue weighted by atomic mass is 14.7. The predicted molar refractivity (Wildman–Crippen MR) is 86.1 cm³/mol. The van der Waals surface area contributed by atoms with Crippen LogP contribution >= 0.6 is 0 Å². The first-order chi connectivity index (χ1) is 8.70. The van der Waals surface area contributed by atoms with E-state index in [1.807, 2.05) is 34.6 Å². The molecule has 1 nitrogen and oxygen atoms in total. The first kappa shape index (κ1) is 19.0. The summed E-state index contributed by atoms with van der Waals surface area (Å²) in [6.07, 6.45) is 7.81. The molecule has 102 valence electrons. The standard InChI is InChI=1S/C13H17N.2C2H6/c1-5-12(9-14-6-2)10(3)11(4)13-7-8-13;2*1-2/h5-6,9,13H,1,3-4,7-8H2,2H3;2*1-2H3/b12-9-,14-6?;;. The summed E-state index contributed by atoms with van der Waals surface area (Å²) in [4.78, 5) is 4.07. The number of rotatable bonds is 5. The van der Waals surface area contributed by atoms with Gasteiger partial charge in [0.1, 0.15) is 0 Å². The molecule has 0 atom stereocenters. The third-order valence-corrected chi connectivity index (χ3v) is 2.39. The minimum atomic E-state index is 0.649. The zero-order chi connectivity index (χ0) is 14.6. The SMILES string of the molecule is C=C/C(=C/N=CC)C(=C)C(=C)C1CC1.CC.CC. The smallest absolute Gasteiger partial charge is 0.0341 e. The van der Waals surface area contributed by atoms with E-state index in [4.69, 9.17) is 0 Å². The lowest BCUT2D eigenvalue weighted by Crippen LogP contribution is -1.91. The Morgan fingerprint density at radius 2 is 1.61 bits per heavy atom. The molecule has 0 spiro atoms. The highest BCUT2D eigenvalue weighted by Crippen LogP contribution is 2.40. The van der Waals surface area contributed by atoms with Crippen LogP contribution in [-0.2, 0) is 0 Å². The van der Waals surface area contributed by atoms with Crippen molar-refractivity contribution in [1.29, 1.82) is 0 Å². The van der Waals surface area contributed by atoms with Crippen molar-refractivity contribution in [3.63, 3.8) is 0 Å². The van der Waals surface area contributed by atoms with E-state index in [1.165, 1.54) is 12.8 Å². The molecule has 0 aromatic rings. The lowest BCUT2D eigenvalue weighted by molar-refractivity contribution is 1.03. The summed E-state index contributed by atoms with van der Waals surface area (Å²) in [5.74, 6) is 0.649. The van der Waals surface area contributed by atoms with Gasteiger partial charge in [0.2, 0.25) is 0 Å². The molecule has 18 heavy (non-hydrogen) atoms. The monoisotopic (exact) mass is 247 g/mol. The summed E-state index contributed by atoms with van der Waals surface area (Å²) in [5, 5.41) is 0. The molecule has 1 aliphatic carbocycles. The first-order valence-corrected chi connectivity index (χ1v) is 6.89. The van der Waals surface area contributed by atoms with Gasteiger partial charge in [-0.2, -0.15) is 0 Å². The van der Waals surface area contributed by atoms with Gasteiger partial charge in [-0.1, -0.05) is 53.5 Å². The normalized spacial score (nSPS) is 13.9. The Kier molecular flexibility index (Phi) is 12.8. The molecule has 0 aliphatic heterocycles. The van der Waals surface area contributed by atoms with Crippen LogP contribution in [0.1, 0.15) is 47.5 Å². The third-order valence-electron chi connectivity index (χ3n) is 2.39. The van der Waals surface area contributed by atoms with E-state index in [0.29, 0.717) is 5.92 Å². The lowest BCUT2D eigenvalue weighted by atomic mass is 9.98. The van der Waals surface area contributed by atoms with Crippen LogP contribution < -0.4 is 0 Å². The van der Waals surface area contributed by atoms with Gasteiger partial charge < -0.3 is 0 Å². The number of hydrogen-bond donors (Lipinski definition) is 0. The molecule has 0 unspecified atom stereocenters. The lowest BCUT2D eigenvalue weighted by Gasteiger charge is -2.07. The fourth-order valence-corrected chi connectivity index (χ4v) is 1.27. The Bertz CT molecular complexity index is 315. The zero-order valence-corrected chi connectivity index (χ0v) is 12.8. The Hall–Kier alpha value is -1.37. The van der Waals surface area contributed by atoms with Gasteiger partial charge in [-0.25, -0.2) is 0 Å². The number of nitrogens with zero attached hydrogens (tertiary/aromatic N) is 1. The Balaban J connectivity index is 0. The predicted octanol–water partition coefficient (Wildman–Crippen LogP) is 5.72. The molecule has 0 aromatic carbocycles. The molecule has 1 saturated carbocycles. The average Bonchev–Trinajstić information content (AvgIpc) is 3.27. The highest BCUT2D eigenvalue weighted by molar-refractivity contribution is 5.56. The number of aliphatic imine (C=N–C) groups is 1. The molecule has 0 radical (unpaired) electrons. The van der Waals surface area contributed by atoms with Crippen LogP contribution in [0.15, 0.2) is 53.7 Å². The number of allylic oxidation sites excluding steroid dienone is 4. The van der Waals surface area contributed by atoms with Crippen LogP contribution in [0.3, 0.4) is 0 Å². The maximum atomic E-state index is 4.07. The Morgan fingerprint density at radius 1 is 1.11 bits per heavy atom. The molecule has 1 rings (SSSR count). The van der Waals surface area contributed by atoms with Crippen LogP contribution in [0, 0.1) is 5.92 Å². The second kappa shape index (κ2) is 12.1. The molecule has 1 fully saturated rings. The highest BCUT2D eigenvalue weighted by Gasteiger charge is 2.26. The second-order valence-corrected chi connectivity index (χ2v) is 3.47. The van der Waals surface area contributed by atoms with E-state index < -0.39 is 0 Å². The van der Waals surface area contributed by atoms with Crippen molar-refractivity contribution < 1.29 is 0 Å². The van der Waals surface area contributed by atoms with Crippen molar-refractivity contribution >= 4 is 6.21 Å². The maximum Gasteiger partial charge on any atom is 0.0341 e. The topological polar surface area (TPSA) is 12.4 Å². The van der Waals surface area contributed by atoms with Gasteiger partial charge in [0.25, 0.3) is 0 Å². The summed E-state index contributed by atoms with van der Waals surface area (Å²) in [5.41, 5.74) is 3.09. The summed E-state index contributed by atoms with van der Waals surface area (Å²) < 4.78 is 0. The van der Waals surface area contributed by atoms with E-state index >= 15 is 0 Å². The molecule has 1 aliphatic rings. The fraction of sp³-hybridized carbons (Fsp3) is 0.471. The molecular formula is C17H29N. The molecular weight excluding hydrogens is 218 g/mol. The molecule has 1 heteroatoms. The van der Waals surface area contributed by atoms with Gasteiger partial charge >= 0.3 is 0 Å². The van der Waals surface area contributed by atoms with E-state index in [9.17, 15) is 0 Å². The fourth-order valence-electron chi connectivity index (χ4n) is 1.27. The largest absolute Gasteiger partial charge is 0.269 e. The maximum absolute atomic E-state index is 4.07. The van der Waals surface area contributed by atoms with Crippen LogP contribution in [0.5, 0.6) is 0 Å². The molecule has 0 bridgehead atoms. The summed E-state index contributed by atoms with van der Waals surface area (Å²) >= 11 is 0. The molecule has 0 N–H and O–H groups in total. The average molecular weight is 247 g/mol. The van der Waals surface area contributed by atoms with Crippen LogP contribution in [0.2, 0.25) is 0 Å². The Labute approximate surface area is 114 Å². The zero-order valence-electron chi connectivity index (χ0n) is 12.8. The summed E-state index contributed by atoms with van der Waals surface area (Å²) in [6.45, 7) is 21.7. The van der Waals surface area contributed by atoms with Gasteiger partial charge in [-0.15, -0.1) is 0 Å². The van der Waals surface area contributed by atoms with Gasteiger partial charge in [0.15, 0.2) is 0 Å². The minimum absolute atomic E-state index is 0.649. The van der Waals surface area contributed by atoms with Gasteiger partial charge in [-0.05, 0) is 42.4 Å². The molecule has 0 heterocycles. The van der Waals surface area contributed by atoms with E-state index in [1.54, 1.807) is 18.5 Å². The summed E-state index contributed by atoms with van der Waals surface area (Å²) in [6, 6.07) is 0. The molecule has 0 aromatic heterocycles. The minimum Gasteiger partial charge on any atom is -0.269 e. The van der Waals surface area contributed by atoms with Crippen LogP contribution in [-0.4, -0.2) is 6.21 Å². The van der Waals surface area contributed by atoms with Gasteiger partial charge in [-0.3, -0.25) is 4.99 Å². The van der Waals surface area contributed by atoms with Crippen molar-refractivity contribution in [3.05, 3.63) is 48.7 Å². The van der Waals surface area contributed by atoms with Crippen molar-refractivity contribution in [2.45, 2.75) is 47.5 Å². The quantitative estimate of drug-likeness (QED) is 0.435. The Morgan fingerprint density at radius 3 is 1.94 bits per heavy atom. The van der Waals surface area contributed by atoms with Gasteiger partial charge in [0, 0.05) is 12.4 Å². The van der Waals surface area contributed by atoms with E-state index in [0.717, 1.165) is 16.7 Å². The number of hydrogen-bond acceptors (Lipinski definition) is 1. The first-order valence-electron chi connectivity index (χ1n) is 6.89.